The molecule has 0 radical (unpaired) electrons. The molecule has 0 saturated carbocycles. The van der Waals surface area contributed by atoms with Gasteiger partial charge in [-0.3, -0.25) is 8.42 Å². The van der Waals surface area contributed by atoms with Gasteiger partial charge in [0.2, 0.25) is 0 Å². The second-order valence-electron chi connectivity index (χ2n) is 2.85. The molecule has 0 amide bonds. The predicted molar refractivity (Wildman–Crippen MR) is 55.4 cm³/mol. The molecule has 0 aromatic heterocycles. The van der Waals surface area contributed by atoms with Crippen LogP contribution in [0.2, 0.25) is 0 Å². The molecule has 0 fully saturated rings. The number of rotatable bonds is 5. The Balaban J connectivity index is -0.000000321. The van der Waals surface area contributed by atoms with Crippen molar-refractivity contribution < 1.29 is 42.7 Å². The van der Waals surface area contributed by atoms with Crippen LogP contribution in [-0.4, -0.2) is 121 Å². The average Bonchev–Trinajstić information content (AvgIpc) is 2.22. The van der Waals surface area contributed by atoms with E-state index in [0.29, 0.717) is 0 Å². The molecular formula is C6H13NO9SSr. The fourth-order valence-corrected chi connectivity index (χ4v) is 0.644. The van der Waals surface area contributed by atoms with Gasteiger partial charge < -0.3 is 40.1 Å². The van der Waals surface area contributed by atoms with Crippen molar-refractivity contribution in [3.8, 4) is 0 Å². The van der Waals surface area contributed by atoms with Crippen molar-refractivity contribution >= 4 is 62.2 Å². The molecule has 104 valence electrons. The molecule has 10 nitrogen and oxygen atoms in total. The van der Waals surface area contributed by atoms with Crippen LogP contribution in [0.1, 0.15) is 0 Å². The molecule has 18 heavy (non-hydrogen) atoms. The van der Waals surface area contributed by atoms with Gasteiger partial charge in [0, 0.05) is 10.4 Å². The van der Waals surface area contributed by atoms with Crippen LogP contribution in [0, 0.1) is 0 Å². The topological polar surface area (TPSA) is 204 Å². The first-order valence-electron chi connectivity index (χ1n) is 4.07. The van der Waals surface area contributed by atoms with Gasteiger partial charge in [0.05, 0.1) is 12.6 Å². The molecule has 0 aliphatic heterocycles. The smallest absolute Gasteiger partial charge is 0.759 e. The van der Waals surface area contributed by atoms with Crippen molar-refractivity contribution in [1.29, 1.82) is 0 Å². The fraction of sp³-hybridized carbons (Fsp3) is 0.833. The van der Waals surface area contributed by atoms with Crippen molar-refractivity contribution in [2.45, 2.75) is 24.4 Å². The van der Waals surface area contributed by atoms with E-state index in [1.807, 2.05) is 0 Å². The van der Waals surface area contributed by atoms with Crippen LogP contribution < -0.4 is 5.73 Å². The molecule has 4 atom stereocenters. The Hall–Kier alpha value is 0.821. The number of carbonyl (C=O) groups excluding carboxylic acids is 1. The number of carbonyl (C=O) groups is 1. The van der Waals surface area contributed by atoms with Gasteiger partial charge in [-0.05, 0) is 0 Å². The van der Waals surface area contributed by atoms with Gasteiger partial charge in [-0.1, -0.05) is 0 Å². The molecule has 0 heterocycles. The van der Waals surface area contributed by atoms with Crippen molar-refractivity contribution in [1.82, 2.24) is 0 Å². The number of aldehydes is 1. The first-order valence-corrected chi connectivity index (χ1v) is 5.40. The summed E-state index contributed by atoms with van der Waals surface area (Å²) < 4.78 is 34.1. The van der Waals surface area contributed by atoms with Crippen LogP contribution in [0.15, 0.2) is 0 Å². The maximum absolute atomic E-state index is 10.0. The van der Waals surface area contributed by atoms with E-state index >= 15 is 0 Å². The second-order valence-corrected chi connectivity index (χ2v) is 3.67. The van der Waals surface area contributed by atoms with Crippen molar-refractivity contribution in [3.05, 3.63) is 0 Å². The molecule has 0 aliphatic carbocycles. The molecule has 0 aromatic carbocycles. The third kappa shape index (κ3) is 14.9. The van der Waals surface area contributed by atoms with Crippen LogP contribution in [0.4, 0.5) is 0 Å². The molecular weight excluding hydrogens is 350 g/mol. The molecule has 12 heteroatoms. The first-order chi connectivity index (χ1) is 7.54. The Morgan fingerprint density at radius 1 is 1.17 bits per heavy atom. The Labute approximate surface area is 140 Å². The summed E-state index contributed by atoms with van der Waals surface area (Å²) in [6.45, 7) is -0.705. The number of hydrogen-bond donors (Lipinski definition) is 5. The maximum Gasteiger partial charge on any atom is 2.00 e. The van der Waals surface area contributed by atoms with Gasteiger partial charge in [0.15, 0.2) is 0 Å². The summed E-state index contributed by atoms with van der Waals surface area (Å²) in [6.07, 6.45) is -4.43. The summed E-state index contributed by atoms with van der Waals surface area (Å²) in [5.74, 6) is 0. The molecule has 0 unspecified atom stereocenters. The Kier molecular flexibility index (Phi) is 15.4. The predicted octanol–water partition coefficient (Wildman–Crippen LogP) is -5.13. The third-order valence-corrected chi connectivity index (χ3v) is 1.48. The Morgan fingerprint density at radius 2 is 1.50 bits per heavy atom. The second kappa shape index (κ2) is 11.6. The van der Waals surface area contributed by atoms with E-state index in [-0.39, 0.29) is 51.8 Å². The minimum Gasteiger partial charge on any atom is -0.759 e. The number of hydrogen-bond acceptors (Lipinski definition) is 10. The van der Waals surface area contributed by atoms with Crippen molar-refractivity contribution in [2.75, 3.05) is 6.61 Å². The maximum atomic E-state index is 10.0. The molecule has 6 N–H and O–H groups in total. The van der Waals surface area contributed by atoms with E-state index in [2.05, 4.69) is 0 Å². The van der Waals surface area contributed by atoms with Gasteiger partial charge >= 0.3 is 45.5 Å². The number of aliphatic hydroxyl groups is 4. The van der Waals surface area contributed by atoms with E-state index in [0.717, 1.165) is 0 Å². The zero-order chi connectivity index (χ0) is 14.2. The van der Waals surface area contributed by atoms with E-state index in [9.17, 15) is 4.79 Å². The molecule has 0 spiro atoms. The van der Waals surface area contributed by atoms with Gasteiger partial charge in [-0.2, -0.15) is 0 Å². The van der Waals surface area contributed by atoms with Gasteiger partial charge in [-0.15, -0.1) is 0 Å². The van der Waals surface area contributed by atoms with Crippen LogP contribution in [0.5, 0.6) is 0 Å². The Morgan fingerprint density at radius 3 is 1.72 bits per heavy atom. The van der Waals surface area contributed by atoms with Crippen LogP contribution >= 0.6 is 0 Å². The van der Waals surface area contributed by atoms with E-state index in [1.165, 1.54) is 0 Å². The zero-order valence-electron chi connectivity index (χ0n) is 9.12. The molecule has 0 bridgehead atoms. The SMILES string of the molecule is N[C@@H](C=O)[C@@H](O)[C@H](O)[C@H](O)CO.O=S(=O)([O-])[O-].[Sr+2]. The summed E-state index contributed by atoms with van der Waals surface area (Å²) in [5.41, 5.74) is 5.04. The van der Waals surface area contributed by atoms with Gasteiger partial charge in [-0.25, -0.2) is 0 Å². The van der Waals surface area contributed by atoms with Crippen molar-refractivity contribution in [2.24, 2.45) is 5.73 Å². The molecule has 0 aliphatic rings. The zero-order valence-corrected chi connectivity index (χ0v) is 13.4. The molecule has 0 aromatic rings. The minimum absolute atomic E-state index is 0. The Bertz CT molecular complexity index is 302. The summed E-state index contributed by atoms with van der Waals surface area (Å²) in [4.78, 5) is 10.0. The quantitative estimate of drug-likeness (QED) is 0.136. The third-order valence-electron chi connectivity index (χ3n) is 1.48. The molecule has 0 saturated heterocycles. The average molecular weight is 363 g/mol. The van der Waals surface area contributed by atoms with Crippen molar-refractivity contribution in [3.63, 3.8) is 0 Å². The van der Waals surface area contributed by atoms with Gasteiger partial charge in [0.25, 0.3) is 0 Å². The number of nitrogens with two attached hydrogens (primary N) is 1. The summed E-state index contributed by atoms with van der Waals surface area (Å²) >= 11 is 0. The summed E-state index contributed by atoms with van der Waals surface area (Å²) in [7, 11) is -5.17. The first kappa shape index (κ1) is 23.9. The number of aliphatic hydroxyl groups excluding tert-OH is 4. The van der Waals surface area contributed by atoms with Crippen LogP contribution in [0.25, 0.3) is 0 Å². The summed E-state index contributed by atoms with van der Waals surface area (Å²) in [6, 6.07) is -1.26. The molecule has 0 rings (SSSR count). The standard InChI is InChI=1S/C6H13NO5.H2O4S.Sr/c7-3(1-8)5(11)6(12)4(10)2-9;1-5(2,3)4;/h1,3-6,9-12H,2,7H2;(H2,1,2,3,4);/q;;+2/p-2/t3-,4+,5+,6+;;/m0../s1. The van der Waals surface area contributed by atoms with Crippen LogP contribution in [0.3, 0.4) is 0 Å². The van der Waals surface area contributed by atoms with E-state index < -0.39 is 41.4 Å². The van der Waals surface area contributed by atoms with E-state index in [1.54, 1.807) is 0 Å². The van der Waals surface area contributed by atoms with Crippen LogP contribution in [-0.2, 0) is 15.2 Å². The normalized spacial score (nSPS) is 17.3. The minimum atomic E-state index is -5.17. The van der Waals surface area contributed by atoms with Gasteiger partial charge in [0.1, 0.15) is 24.6 Å². The summed E-state index contributed by atoms with van der Waals surface area (Å²) in [5, 5.41) is 35.2. The fourth-order valence-electron chi connectivity index (χ4n) is 0.644. The van der Waals surface area contributed by atoms with E-state index in [4.69, 9.17) is 43.7 Å². The monoisotopic (exact) mass is 363 g/mol. The largest absolute Gasteiger partial charge is 2.00 e.